The maximum absolute atomic E-state index is 4.58. The summed E-state index contributed by atoms with van der Waals surface area (Å²) in [5.74, 6) is 2.49. The summed E-state index contributed by atoms with van der Waals surface area (Å²) in [6.07, 6.45) is 10.1. The lowest BCUT2D eigenvalue weighted by molar-refractivity contribution is 0.194. The molecule has 0 radical (unpaired) electrons. The van der Waals surface area contributed by atoms with Gasteiger partial charge in [-0.3, -0.25) is 9.58 Å². The van der Waals surface area contributed by atoms with Crippen LogP contribution in [-0.2, 0) is 26.7 Å². The van der Waals surface area contributed by atoms with Gasteiger partial charge in [-0.1, -0.05) is 0 Å². The monoisotopic (exact) mass is 368 g/mol. The average Bonchev–Trinajstić information content (AvgIpc) is 3.39. The average molecular weight is 368 g/mol. The molecule has 1 fully saturated rings. The molecule has 4 rings (SSSR count). The number of imidazole rings is 1. The predicted molar refractivity (Wildman–Crippen MR) is 102 cm³/mol. The molecule has 1 aliphatic heterocycles. The summed E-state index contributed by atoms with van der Waals surface area (Å²) in [5, 5.41) is 13.5. The first-order valence-corrected chi connectivity index (χ1v) is 9.73. The molecule has 1 aliphatic rings. The molecule has 0 spiro atoms. The van der Waals surface area contributed by atoms with Crippen molar-refractivity contribution in [1.29, 1.82) is 0 Å². The minimum absolute atomic E-state index is 0.425. The van der Waals surface area contributed by atoms with Gasteiger partial charge in [-0.05, 0) is 33.2 Å². The fourth-order valence-electron chi connectivity index (χ4n) is 3.94. The van der Waals surface area contributed by atoms with Crippen molar-refractivity contribution < 1.29 is 0 Å². The van der Waals surface area contributed by atoms with Gasteiger partial charge in [0.05, 0.1) is 18.6 Å². The highest BCUT2D eigenvalue weighted by molar-refractivity contribution is 5.16. The van der Waals surface area contributed by atoms with Gasteiger partial charge in [0.2, 0.25) is 0 Å². The normalized spacial score (nSPS) is 18.3. The van der Waals surface area contributed by atoms with Crippen molar-refractivity contribution in [2.45, 2.75) is 52.2 Å². The number of piperidine rings is 1. The van der Waals surface area contributed by atoms with Gasteiger partial charge in [0.15, 0.2) is 5.82 Å². The number of rotatable bonds is 6. The molecule has 1 saturated heterocycles. The zero-order chi connectivity index (χ0) is 18.8. The lowest BCUT2D eigenvalue weighted by Crippen LogP contribution is -2.35. The maximum atomic E-state index is 4.58. The van der Waals surface area contributed by atoms with Crippen LogP contribution in [0.3, 0.4) is 0 Å². The number of aryl methyl sites for hydroxylation is 2. The van der Waals surface area contributed by atoms with E-state index in [1.54, 1.807) is 6.20 Å². The Kier molecular flexibility index (Phi) is 5.07. The van der Waals surface area contributed by atoms with Crippen LogP contribution in [0.25, 0.3) is 0 Å². The molecule has 0 aliphatic carbocycles. The van der Waals surface area contributed by atoms with Crippen LogP contribution < -0.4 is 0 Å². The number of hydrogen-bond donors (Lipinski definition) is 0. The Labute approximate surface area is 159 Å². The summed E-state index contributed by atoms with van der Waals surface area (Å²) in [6, 6.07) is 0. The molecule has 8 nitrogen and oxygen atoms in total. The number of likely N-dealkylation sites (tertiary alicyclic amines) is 1. The summed E-state index contributed by atoms with van der Waals surface area (Å²) >= 11 is 0. The summed E-state index contributed by atoms with van der Waals surface area (Å²) < 4.78 is 6.21. The minimum Gasteiger partial charge on any atom is -0.330 e. The van der Waals surface area contributed by atoms with Crippen molar-refractivity contribution >= 4 is 0 Å². The Bertz CT molecular complexity index is 876. The summed E-state index contributed by atoms with van der Waals surface area (Å²) in [7, 11) is 2.08. The van der Waals surface area contributed by atoms with Crippen LogP contribution >= 0.6 is 0 Å². The molecule has 8 heteroatoms. The molecule has 1 unspecified atom stereocenters. The zero-order valence-corrected chi connectivity index (χ0v) is 16.4. The van der Waals surface area contributed by atoms with Crippen molar-refractivity contribution in [3.05, 3.63) is 47.8 Å². The first-order chi connectivity index (χ1) is 13.1. The highest BCUT2D eigenvalue weighted by Crippen LogP contribution is 2.27. The molecular formula is C19H28N8. The molecule has 3 aromatic heterocycles. The van der Waals surface area contributed by atoms with Crippen LogP contribution in [0, 0.1) is 6.92 Å². The Hall–Kier alpha value is -2.48. The van der Waals surface area contributed by atoms with E-state index in [2.05, 4.69) is 56.8 Å². The lowest BCUT2D eigenvalue weighted by Gasteiger charge is -2.32. The SMILES string of the molecule is CCn1cc(CN2CCCC(c3nnc(Cn4ccnc4)n3C)C2)c(C)n1. The van der Waals surface area contributed by atoms with Crippen molar-refractivity contribution in [2.75, 3.05) is 13.1 Å². The van der Waals surface area contributed by atoms with Crippen molar-refractivity contribution in [3.63, 3.8) is 0 Å². The largest absolute Gasteiger partial charge is 0.330 e. The van der Waals surface area contributed by atoms with E-state index in [9.17, 15) is 0 Å². The number of hydrogen-bond acceptors (Lipinski definition) is 5. The van der Waals surface area contributed by atoms with Gasteiger partial charge in [-0.25, -0.2) is 4.98 Å². The predicted octanol–water partition coefficient (Wildman–Crippen LogP) is 1.96. The summed E-state index contributed by atoms with van der Waals surface area (Å²) in [6.45, 7) is 8.97. The third-order valence-electron chi connectivity index (χ3n) is 5.52. The highest BCUT2D eigenvalue weighted by Gasteiger charge is 2.26. The maximum Gasteiger partial charge on any atom is 0.152 e. The van der Waals surface area contributed by atoms with Crippen LogP contribution in [0.15, 0.2) is 24.9 Å². The fourth-order valence-corrected chi connectivity index (χ4v) is 3.94. The van der Waals surface area contributed by atoms with Crippen LogP contribution in [0.2, 0.25) is 0 Å². The molecule has 27 heavy (non-hydrogen) atoms. The van der Waals surface area contributed by atoms with E-state index < -0.39 is 0 Å². The third-order valence-corrected chi connectivity index (χ3v) is 5.52. The fraction of sp³-hybridized carbons (Fsp3) is 0.579. The standard InChI is InChI=1S/C19H28N8/c1-4-27-12-17(15(2)23-27)11-25-8-5-6-16(10-25)19-22-21-18(24(19)3)13-26-9-7-20-14-26/h7,9,12,14,16H,4-6,8,10-11,13H2,1-3H3. The van der Waals surface area contributed by atoms with E-state index >= 15 is 0 Å². The molecule has 0 amide bonds. The van der Waals surface area contributed by atoms with Crippen molar-refractivity contribution in [2.24, 2.45) is 7.05 Å². The minimum atomic E-state index is 0.425. The number of aromatic nitrogens is 7. The second kappa shape index (κ2) is 7.64. The van der Waals surface area contributed by atoms with Crippen molar-refractivity contribution in [1.82, 2.24) is 39.0 Å². The van der Waals surface area contributed by atoms with Crippen molar-refractivity contribution in [3.8, 4) is 0 Å². The summed E-state index contributed by atoms with van der Waals surface area (Å²) in [5.41, 5.74) is 2.47. The van der Waals surface area contributed by atoms with Gasteiger partial charge in [0, 0.05) is 56.8 Å². The van der Waals surface area contributed by atoms with E-state index in [1.165, 1.54) is 18.4 Å². The molecule has 0 bridgehead atoms. The number of nitrogens with zero attached hydrogens (tertiary/aromatic N) is 8. The molecule has 0 saturated carbocycles. The Morgan fingerprint density at radius 3 is 2.85 bits per heavy atom. The van der Waals surface area contributed by atoms with E-state index in [0.29, 0.717) is 12.5 Å². The van der Waals surface area contributed by atoms with Gasteiger partial charge in [-0.15, -0.1) is 10.2 Å². The van der Waals surface area contributed by atoms with Gasteiger partial charge < -0.3 is 9.13 Å². The second-order valence-corrected chi connectivity index (χ2v) is 7.44. The first-order valence-electron chi connectivity index (χ1n) is 9.73. The molecule has 0 N–H and O–H groups in total. The smallest absolute Gasteiger partial charge is 0.152 e. The molecule has 4 heterocycles. The van der Waals surface area contributed by atoms with Crippen LogP contribution in [0.4, 0.5) is 0 Å². The molecule has 3 aromatic rings. The molecule has 0 aromatic carbocycles. The highest BCUT2D eigenvalue weighted by atomic mass is 15.3. The molecule has 1 atom stereocenters. The van der Waals surface area contributed by atoms with Gasteiger partial charge >= 0.3 is 0 Å². The summed E-state index contributed by atoms with van der Waals surface area (Å²) in [4.78, 5) is 6.63. The topological polar surface area (TPSA) is 69.6 Å². The van der Waals surface area contributed by atoms with E-state index in [-0.39, 0.29) is 0 Å². The molecule has 144 valence electrons. The van der Waals surface area contributed by atoms with Crippen LogP contribution in [0.1, 0.15) is 48.6 Å². The third kappa shape index (κ3) is 3.80. The first kappa shape index (κ1) is 17.9. The lowest BCUT2D eigenvalue weighted by atomic mass is 9.96. The van der Waals surface area contributed by atoms with E-state index in [4.69, 9.17) is 0 Å². The second-order valence-electron chi connectivity index (χ2n) is 7.44. The quantitative estimate of drug-likeness (QED) is 0.665. The van der Waals surface area contributed by atoms with Gasteiger partial charge in [0.25, 0.3) is 0 Å². The van der Waals surface area contributed by atoms with E-state index in [1.807, 2.05) is 21.8 Å². The Morgan fingerprint density at radius 1 is 1.22 bits per heavy atom. The Morgan fingerprint density at radius 2 is 2.11 bits per heavy atom. The van der Waals surface area contributed by atoms with Crippen LogP contribution in [-0.4, -0.2) is 52.1 Å². The van der Waals surface area contributed by atoms with Gasteiger partial charge in [-0.2, -0.15) is 5.10 Å². The van der Waals surface area contributed by atoms with Gasteiger partial charge in [0.1, 0.15) is 5.82 Å². The zero-order valence-electron chi connectivity index (χ0n) is 16.4. The molecular weight excluding hydrogens is 340 g/mol. The Balaban J connectivity index is 1.45. The van der Waals surface area contributed by atoms with E-state index in [0.717, 1.165) is 43.5 Å². The van der Waals surface area contributed by atoms with Crippen LogP contribution in [0.5, 0.6) is 0 Å².